The van der Waals surface area contributed by atoms with E-state index in [1.807, 2.05) is 0 Å². The molecule has 4 rings (SSSR count). The summed E-state index contributed by atoms with van der Waals surface area (Å²) < 4.78 is 16.0. The second kappa shape index (κ2) is 13.4. The van der Waals surface area contributed by atoms with Gasteiger partial charge >= 0.3 is 0 Å². The van der Waals surface area contributed by atoms with Gasteiger partial charge in [0.05, 0.1) is 11.3 Å². The summed E-state index contributed by atoms with van der Waals surface area (Å²) in [5, 5.41) is 85.3. The van der Waals surface area contributed by atoms with Gasteiger partial charge in [0.15, 0.2) is 29.3 Å². The highest BCUT2D eigenvalue weighted by atomic mass is 17.5. The number of phenolic OH excluding ortho intramolecular Hbond substituents is 4. The summed E-state index contributed by atoms with van der Waals surface area (Å²) in [6, 6.07) is 12.6. The Morgan fingerprint density at radius 2 is 1.45 bits per heavy atom. The Hall–Kier alpha value is -4.55. The van der Waals surface area contributed by atoms with E-state index in [9.17, 15) is 45.6 Å². The summed E-state index contributed by atoms with van der Waals surface area (Å²) in [6.45, 7) is -0.277. The monoisotopic (exact) mass is 593 g/mol. The van der Waals surface area contributed by atoms with Crippen LogP contribution in [0.4, 0.5) is 5.69 Å². The van der Waals surface area contributed by atoms with E-state index in [1.165, 1.54) is 24.3 Å². The van der Waals surface area contributed by atoms with E-state index in [1.54, 1.807) is 24.3 Å². The van der Waals surface area contributed by atoms with E-state index in [4.69, 9.17) is 19.1 Å². The predicted octanol–water partition coefficient (Wildman–Crippen LogP) is 0.218. The highest BCUT2D eigenvalue weighted by Crippen LogP contribution is 2.43. The molecule has 0 aromatic heterocycles. The van der Waals surface area contributed by atoms with Gasteiger partial charge < -0.3 is 60.4 Å². The fourth-order valence-electron chi connectivity index (χ4n) is 3.64. The van der Waals surface area contributed by atoms with E-state index in [2.05, 4.69) is 15.2 Å². The highest BCUT2D eigenvalue weighted by molar-refractivity contribution is 6.07. The standard InChI is InChI=1S/C26H27NO15/c28-14-6-3-4-12(18(14)30)24(35)27-13-5-1-2-7-16(13)37-10-11-38-17-9-8-15(29)19(31)23(17)40-42-41-26-22(34)20(32)21(33)25(36)39-26/h1-9,20-22,25-26,28-34,36H,10-11H2,(H,27,35)/t20-,21+,22-,25+,26+/m0/s1. The van der Waals surface area contributed by atoms with Crippen molar-refractivity contribution in [1.29, 1.82) is 0 Å². The molecule has 1 fully saturated rings. The molecular weight excluding hydrogens is 566 g/mol. The molecular formula is C26H27NO15. The van der Waals surface area contributed by atoms with Gasteiger partial charge in [0, 0.05) is 0 Å². The van der Waals surface area contributed by atoms with Crippen molar-refractivity contribution in [2.45, 2.75) is 30.9 Å². The van der Waals surface area contributed by atoms with Crippen LogP contribution in [0.15, 0.2) is 54.6 Å². The molecule has 0 unspecified atom stereocenters. The summed E-state index contributed by atoms with van der Waals surface area (Å²) in [6.07, 6.45) is -9.23. The third-order valence-corrected chi connectivity index (χ3v) is 5.86. The Labute approximate surface area is 236 Å². The molecule has 0 spiro atoms. The number of carbonyl (C=O) groups is 1. The van der Waals surface area contributed by atoms with E-state index in [0.29, 0.717) is 0 Å². The first-order valence-corrected chi connectivity index (χ1v) is 12.2. The van der Waals surface area contributed by atoms with Crippen LogP contribution in [-0.2, 0) is 14.7 Å². The number of carbonyl (C=O) groups excluding carboxylic acids is 1. The number of para-hydroxylation sites is 3. The van der Waals surface area contributed by atoms with E-state index < -0.39 is 65.5 Å². The first-order valence-electron chi connectivity index (χ1n) is 12.2. The number of rotatable bonds is 11. The largest absolute Gasteiger partial charge is 0.504 e. The highest BCUT2D eigenvalue weighted by Gasteiger charge is 2.44. The fourth-order valence-corrected chi connectivity index (χ4v) is 3.64. The van der Waals surface area contributed by atoms with Crippen molar-refractivity contribution in [2.75, 3.05) is 18.5 Å². The summed E-state index contributed by atoms with van der Waals surface area (Å²) >= 11 is 0. The van der Waals surface area contributed by atoms with Gasteiger partial charge in [-0.2, -0.15) is 4.89 Å². The SMILES string of the molecule is O=C(Nc1ccccc1OCCOc1ccc(O)c(O)c1OOO[C@H]1O[C@@H](O)[C@H](O)[C@H](O)[C@@H]1O)c1cccc(O)c1O. The molecule has 226 valence electrons. The van der Waals surface area contributed by atoms with Crippen LogP contribution in [0.25, 0.3) is 0 Å². The summed E-state index contributed by atoms with van der Waals surface area (Å²) in [7, 11) is 0. The van der Waals surface area contributed by atoms with Gasteiger partial charge in [-0.3, -0.25) is 9.68 Å². The van der Waals surface area contributed by atoms with Crippen LogP contribution < -0.4 is 19.7 Å². The number of aliphatic hydroxyl groups excluding tert-OH is 4. The van der Waals surface area contributed by atoms with E-state index in [-0.39, 0.29) is 36.0 Å². The third kappa shape index (κ3) is 6.84. The van der Waals surface area contributed by atoms with Crippen molar-refractivity contribution in [2.24, 2.45) is 0 Å². The zero-order chi connectivity index (χ0) is 30.4. The van der Waals surface area contributed by atoms with Gasteiger partial charge in [0.1, 0.15) is 37.3 Å². The summed E-state index contributed by atoms with van der Waals surface area (Å²) in [5.41, 5.74) is 0.0884. The average molecular weight is 593 g/mol. The molecule has 3 aromatic rings. The number of benzene rings is 3. The van der Waals surface area contributed by atoms with Gasteiger partial charge in [0.2, 0.25) is 12.0 Å². The molecule has 0 aliphatic carbocycles. The van der Waals surface area contributed by atoms with Crippen molar-refractivity contribution < 1.29 is 74.7 Å². The molecule has 9 N–H and O–H groups in total. The number of aromatic hydroxyl groups is 4. The zero-order valence-corrected chi connectivity index (χ0v) is 21.4. The predicted molar refractivity (Wildman–Crippen MR) is 137 cm³/mol. The third-order valence-electron chi connectivity index (χ3n) is 5.86. The lowest BCUT2D eigenvalue weighted by molar-refractivity contribution is -0.533. The second-order valence-corrected chi connectivity index (χ2v) is 8.70. The van der Waals surface area contributed by atoms with Gasteiger partial charge in [0.25, 0.3) is 11.7 Å². The molecule has 1 saturated heterocycles. The Morgan fingerprint density at radius 3 is 2.21 bits per heavy atom. The molecule has 1 aliphatic rings. The van der Waals surface area contributed by atoms with Crippen molar-refractivity contribution in [3.05, 3.63) is 60.2 Å². The van der Waals surface area contributed by atoms with Crippen LogP contribution in [0, 0.1) is 0 Å². The van der Waals surface area contributed by atoms with Crippen molar-refractivity contribution in [1.82, 2.24) is 0 Å². The number of hydrogen-bond donors (Lipinski definition) is 9. The van der Waals surface area contributed by atoms with Gasteiger partial charge in [-0.25, -0.2) is 0 Å². The van der Waals surface area contributed by atoms with Gasteiger partial charge in [-0.05, 0) is 41.4 Å². The first kappa shape index (κ1) is 30.4. The van der Waals surface area contributed by atoms with Crippen LogP contribution in [-0.4, -0.2) is 90.9 Å². The number of ether oxygens (including phenoxy) is 3. The van der Waals surface area contributed by atoms with Crippen molar-refractivity contribution >= 4 is 11.6 Å². The number of aliphatic hydroxyl groups is 4. The van der Waals surface area contributed by atoms with Gasteiger partial charge in [-0.1, -0.05) is 18.2 Å². The Morgan fingerprint density at radius 1 is 0.762 bits per heavy atom. The fraction of sp³-hybridized carbons (Fsp3) is 0.269. The van der Waals surface area contributed by atoms with Crippen LogP contribution in [0.1, 0.15) is 10.4 Å². The molecule has 3 aromatic carbocycles. The number of anilines is 1. The zero-order valence-electron chi connectivity index (χ0n) is 21.4. The topological polar surface area (TPSA) is 246 Å². The van der Waals surface area contributed by atoms with Crippen LogP contribution >= 0.6 is 0 Å². The molecule has 1 heterocycles. The minimum absolute atomic E-state index is 0.108. The van der Waals surface area contributed by atoms with E-state index >= 15 is 0 Å². The number of phenols is 4. The molecule has 42 heavy (non-hydrogen) atoms. The maximum Gasteiger partial charge on any atom is 0.259 e. The lowest BCUT2D eigenvalue weighted by Crippen LogP contribution is -2.58. The average Bonchev–Trinajstić information content (AvgIpc) is 2.97. The maximum atomic E-state index is 12.6. The summed E-state index contributed by atoms with van der Waals surface area (Å²) in [5.74, 6) is -3.69. The molecule has 1 aliphatic heterocycles. The van der Waals surface area contributed by atoms with Crippen LogP contribution in [0.5, 0.6) is 40.2 Å². The Balaban J connectivity index is 1.34. The van der Waals surface area contributed by atoms with Crippen molar-refractivity contribution in [3.63, 3.8) is 0 Å². The van der Waals surface area contributed by atoms with Crippen LogP contribution in [0.3, 0.4) is 0 Å². The second-order valence-electron chi connectivity index (χ2n) is 8.70. The van der Waals surface area contributed by atoms with Gasteiger partial charge in [-0.15, -0.1) is 0 Å². The molecule has 16 heteroatoms. The minimum Gasteiger partial charge on any atom is -0.504 e. The van der Waals surface area contributed by atoms with E-state index in [0.717, 1.165) is 6.07 Å². The smallest absolute Gasteiger partial charge is 0.259 e. The normalized spacial score (nSPS) is 21.9. The molecule has 0 radical (unpaired) electrons. The van der Waals surface area contributed by atoms with Crippen LogP contribution in [0.2, 0.25) is 0 Å². The number of hydrogen-bond acceptors (Lipinski definition) is 15. The Bertz CT molecular complexity index is 1390. The van der Waals surface area contributed by atoms with Crippen molar-refractivity contribution in [3.8, 4) is 40.2 Å². The molecule has 1 amide bonds. The molecule has 16 nitrogen and oxygen atoms in total. The summed E-state index contributed by atoms with van der Waals surface area (Å²) in [4.78, 5) is 22.1. The molecule has 0 saturated carbocycles. The lowest BCUT2D eigenvalue weighted by atomic mass is 10.0. The lowest BCUT2D eigenvalue weighted by Gasteiger charge is -2.36. The number of amides is 1. The molecule has 0 bridgehead atoms. The first-order chi connectivity index (χ1) is 20.1. The quantitative estimate of drug-likeness (QED) is 0.0624. The molecule has 5 atom stereocenters. The Kier molecular flexibility index (Phi) is 9.71. The number of nitrogens with one attached hydrogen (secondary N) is 1. The maximum absolute atomic E-state index is 12.6. The minimum atomic E-state index is -1.91.